The fraction of sp³-hybridized carbons (Fsp3) is 0.500. The van der Waals surface area contributed by atoms with Crippen LogP contribution >= 0.6 is 0 Å². The Balaban J connectivity index is 2.18. The summed E-state index contributed by atoms with van der Waals surface area (Å²) in [7, 11) is 0. The van der Waals surface area contributed by atoms with Crippen molar-refractivity contribution in [3.05, 3.63) is 12.3 Å². The summed E-state index contributed by atoms with van der Waals surface area (Å²) in [4.78, 5) is 11.1. The summed E-state index contributed by atoms with van der Waals surface area (Å²) in [6.07, 6.45) is 3.66. The molecule has 0 spiro atoms. The first-order valence-electron chi connectivity index (χ1n) is 4.37. The van der Waals surface area contributed by atoms with Crippen molar-refractivity contribution in [2.45, 2.75) is 19.8 Å². The summed E-state index contributed by atoms with van der Waals surface area (Å²) < 4.78 is 0. The number of hydrogen-bond donors (Lipinski definition) is 3. The van der Waals surface area contributed by atoms with Crippen molar-refractivity contribution < 1.29 is 4.79 Å². The molecule has 1 rings (SSSR count). The fourth-order valence-corrected chi connectivity index (χ4v) is 0.871. The van der Waals surface area contributed by atoms with Crippen LogP contribution in [-0.4, -0.2) is 22.8 Å². The SMILES string of the molecule is CCCCNC(=O)Nc1ccn[nH]1. The van der Waals surface area contributed by atoms with E-state index in [0.717, 1.165) is 12.8 Å². The van der Waals surface area contributed by atoms with Gasteiger partial charge in [-0.15, -0.1) is 0 Å². The maximum atomic E-state index is 11.1. The Bertz CT molecular complexity index is 245. The van der Waals surface area contributed by atoms with Gasteiger partial charge in [0.05, 0.1) is 6.20 Å². The molecule has 0 bridgehead atoms. The van der Waals surface area contributed by atoms with Crippen molar-refractivity contribution in [2.24, 2.45) is 0 Å². The van der Waals surface area contributed by atoms with Crippen molar-refractivity contribution in [3.63, 3.8) is 0 Å². The number of rotatable bonds is 4. The quantitative estimate of drug-likeness (QED) is 0.615. The van der Waals surface area contributed by atoms with Crippen LogP contribution in [0.25, 0.3) is 0 Å². The van der Waals surface area contributed by atoms with Gasteiger partial charge in [-0.3, -0.25) is 10.4 Å². The Labute approximate surface area is 76.9 Å². The molecule has 0 aliphatic rings. The minimum Gasteiger partial charge on any atom is -0.338 e. The molecule has 1 aromatic rings. The number of aromatic amines is 1. The number of H-pyrrole nitrogens is 1. The standard InChI is InChI=1S/C8H14N4O/c1-2-3-5-9-8(13)11-7-4-6-10-12-7/h4,6H,2-3,5H2,1H3,(H3,9,10,11,12,13). The molecule has 0 aromatic carbocycles. The van der Waals surface area contributed by atoms with Crippen LogP contribution in [0.2, 0.25) is 0 Å². The van der Waals surface area contributed by atoms with Crippen LogP contribution < -0.4 is 10.6 Å². The predicted molar refractivity (Wildman–Crippen MR) is 50.5 cm³/mol. The molecule has 0 aliphatic carbocycles. The first kappa shape index (κ1) is 9.57. The number of amides is 2. The van der Waals surface area contributed by atoms with Crippen molar-refractivity contribution >= 4 is 11.8 Å². The number of aromatic nitrogens is 2. The van der Waals surface area contributed by atoms with E-state index in [9.17, 15) is 4.79 Å². The number of hydrogen-bond acceptors (Lipinski definition) is 2. The zero-order chi connectivity index (χ0) is 9.52. The average Bonchev–Trinajstić information content (AvgIpc) is 2.57. The van der Waals surface area contributed by atoms with Crippen molar-refractivity contribution in [1.82, 2.24) is 15.5 Å². The van der Waals surface area contributed by atoms with E-state index in [1.165, 1.54) is 0 Å². The van der Waals surface area contributed by atoms with E-state index in [1.807, 2.05) is 0 Å². The molecule has 5 nitrogen and oxygen atoms in total. The molecule has 0 atom stereocenters. The molecule has 3 N–H and O–H groups in total. The molecule has 2 amide bonds. The van der Waals surface area contributed by atoms with Crippen LogP contribution in [-0.2, 0) is 0 Å². The van der Waals surface area contributed by atoms with E-state index in [0.29, 0.717) is 12.4 Å². The van der Waals surface area contributed by atoms with Crippen LogP contribution in [0.3, 0.4) is 0 Å². The van der Waals surface area contributed by atoms with Crippen LogP contribution in [0.1, 0.15) is 19.8 Å². The van der Waals surface area contributed by atoms with E-state index < -0.39 is 0 Å². The third-order valence-electron chi connectivity index (χ3n) is 1.56. The summed E-state index contributed by atoms with van der Waals surface area (Å²) in [6.45, 7) is 2.78. The second kappa shape index (κ2) is 5.18. The maximum absolute atomic E-state index is 11.1. The lowest BCUT2D eigenvalue weighted by atomic mass is 10.3. The lowest BCUT2D eigenvalue weighted by molar-refractivity contribution is 0.252. The highest BCUT2D eigenvalue weighted by Gasteiger charge is 1.99. The van der Waals surface area contributed by atoms with Gasteiger partial charge < -0.3 is 5.32 Å². The largest absolute Gasteiger partial charge is 0.338 e. The molecule has 13 heavy (non-hydrogen) atoms. The number of unbranched alkanes of at least 4 members (excludes halogenated alkanes) is 1. The summed E-state index contributed by atoms with van der Waals surface area (Å²) >= 11 is 0. The molecule has 0 radical (unpaired) electrons. The molecule has 0 unspecified atom stereocenters. The second-order valence-corrected chi connectivity index (χ2v) is 2.70. The first-order valence-corrected chi connectivity index (χ1v) is 4.37. The number of nitrogens with one attached hydrogen (secondary N) is 3. The second-order valence-electron chi connectivity index (χ2n) is 2.70. The van der Waals surface area contributed by atoms with E-state index >= 15 is 0 Å². The topological polar surface area (TPSA) is 69.8 Å². The monoisotopic (exact) mass is 182 g/mol. The van der Waals surface area contributed by atoms with E-state index in [4.69, 9.17) is 0 Å². The highest BCUT2D eigenvalue weighted by atomic mass is 16.2. The minimum atomic E-state index is -0.197. The fourth-order valence-electron chi connectivity index (χ4n) is 0.871. The van der Waals surface area contributed by atoms with Gasteiger partial charge in [-0.25, -0.2) is 4.79 Å². The predicted octanol–water partition coefficient (Wildman–Crippen LogP) is 1.33. The molecular weight excluding hydrogens is 168 g/mol. The Morgan fingerprint density at radius 3 is 3.15 bits per heavy atom. The molecule has 0 aliphatic heterocycles. The Morgan fingerprint density at radius 1 is 1.69 bits per heavy atom. The van der Waals surface area contributed by atoms with E-state index in [2.05, 4.69) is 27.8 Å². The van der Waals surface area contributed by atoms with Crippen LogP contribution in [0.4, 0.5) is 10.6 Å². The van der Waals surface area contributed by atoms with Crippen molar-refractivity contribution in [3.8, 4) is 0 Å². The molecular formula is C8H14N4O. The molecule has 0 saturated heterocycles. The van der Waals surface area contributed by atoms with Crippen molar-refractivity contribution in [2.75, 3.05) is 11.9 Å². The van der Waals surface area contributed by atoms with Gasteiger partial charge in [0.2, 0.25) is 0 Å². The summed E-state index contributed by atoms with van der Waals surface area (Å²) in [6, 6.07) is 1.50. The normalized spacial score (nSPS) is 9.62. The Morgan fingerprint density at radius 2 is 2.54 bits per heavy atom. The third kappa shape index (κ3) is 3.59. The van der Waals surface area contributed by atoms with Gasteiger partial charge in [0.1, 0.15) is 5.82 Å². The summed E-state index contributed by atoms with van der Waals surface area (Å²) in [5.41, 5.74) is 0. The number of carbonyl (C=O) groups is 1. The highest BCUT2D eigenvalue weighted by molar-refractivity contribution is 5.87. The average molecular weight is 182 g/mol. The summed E-state index contributed by atoms with van der Waals surface area (Å²) in [5.74, 6) is 0.606. The molecule has 0 fully saturated rings. The smallest absolute Gasteiger partial charge is 0.320 e. The highest BCUT2D eigenvalue weighted by Crippen LogP contribution is 1.97. The maximum Gasteiger partial charge on any atom is 0.320 e. The van der Waals surface area contributed by atoms with Gasteiger partial charge in [0.25, 0.3) is 0 Å². The van der Waals surface area contributed by atoms with Gasteiger partial charge in [0, 0.05) is 12.6 Å². The number of nitrogens with zero attached hydrogens (tertiary/aromatic N) is 1. The van der Waals surface area contributed by atoms with Gasteiger partial charge in [-0.05, 0) is 6.42 Å². The summed E-state index contributed by atoms with van der Waals surface area (Å²) in [5, 5.41) is 11.7. The third-order valence-corrected chi connectivity index (χ3v) is 1.56. The number of anilines is 1. The molecule has 1 heterocycles. The van der Waals surface area contributed by atoms with Gasteiger partial charge in [0.15, 0.2) is 0 Å². The van der Waals surface area contributed by atoms with Crippen LogP contribution in [0.5, 0.6) is 0 Å². The van der Waals surface area contributed by atoms with Gasteiger partial charge >= 0.3 is 6.03 Å². The van der Waals surface area contributed by atoms with E-state index in [-0.39, 0.29) is 6.03 Å². The molecule has 0 saturated carbocycles. The zero-order valence-electron chi connectivity index (χ0n) is 7.63. The molecule has 1 aromatic heterocycles. The lowest BCUT2D eigenvalue weighted by Crippen LogP contribution is -2.29. The number of urea groups is 1. The zero-order valence-corrected chi connectivity index (χ0v) is 7.63. The van der Waals surface area contributed by atoms with Crippen LogP contribution in [0.15, 0.2) is 12.3 Å². The van der Waals surface area contributed by atoms with Gasteiger partial charge in [-0.1, -0.05) is 13.3 Å². The lowest BCUT2D eigenvalue weighted by Gasteiger charge is -2.03. The molecule has 5 heteroatoms. The Hall–Kier alpha value is -1.52. The van der Waals surface area contributed by atoms with Crippen LogP contribution in [0, 0.1) is 0 Å². The minimum absolute atomic E-state index is 0.197. The Kier molecular flexibility index (Phi) is 3.81. The van der Waals surface area contributed by atoms with E-state index in [1.54, 1.807) is 12.3 Å². The first-order chi connectivity index (χ1) is 6.33. The number of carbonyl (C=O) groups excluding carboxylic acids is 1. The van der Waals surface area contributed by atoms with Gasteiger partial charge in [-0.2, -0.15) is 5.10 Å². The molecule has 72 valence electrons. The van der Waals surface area contributed by atoms with Crippen molar-refractivity contribution in [1.29, 1.82) is 0 Å².